The number of allylic oxidation sites excluding steroid dienone is 1. The summed E-state index contributed by atoms with van der Waals surface area (Å²) >= 11 is 0. The van der Waals surface area contributed by atoms with E-state index < -0.39 is 75.2 Å². The Morgan fingerprint density at radius 1 is 0.660 bits per heavy atom. The van der Waals surface area contributed by atoms with Gasteiger partial charge < -0.3 is 46.0 Å². The van der Waals surface area contributed by atoms with E-state index in [1.807, 2.05) is 12.2 Å². The van der Waals surface area contributed by atoms with Crippen molar-refractivity contribution in [3.63, 3.8) is 0 Å². The molecule has 0 saturated heterocycles. The zero-order chi connectivity index (χ0) is 39.5. The molecule has 0 aliphatic heterocycles. The van der Waals surface area contributed by atoms with E-state index in [-0.39, 0.29) is 19.3 Å². The highest BCUT2D eigenvalue weighted by molar-refractivity contribution is 7.47. The number of phosphoric ester groups is 1. The highest BCUT2D eigenvalue weighted by Crippen LogP contribution is 2.47. The monoisotopic (exact) mass is 782 g/mol. The normalized spacial score (nSPS) is 24.9. The Morgan fingerprint density at radius 2 is 1.09 bits per heavy atom. The number of hydrogen-bond acceptors (Lipinski definition) is 11. The number of carbonyl (C=O) groups excluding carboxylic acids is 1. The van der Waals surface area contributed by atoms with Crippen molar-refractivity contribution in [2.75, 3.05) is 6.61 Å². The van der Waals surface area contributed by atoms with Crippen molar-refractivity contribution in [2.24, 2.45) is 0 Å². The molecule has 13 nitrogen and oxygen atoms in total. The third-order valence-corrected chi connectivity index (χ3v) is 11.1. The fraction of sp³-hybridized carbons (Fsp3) is 0.923. The summed E-state index contributed by atoms with van der Waals surface area (Å²) in [7, 11) is -5.11. The Kier molecular flexibility index (Phi) is 28.5. The number of aliphatic hydroxyl groups is 7. The van der Waals surface area contributed by atoms with Gasteiger partial charge in [0, 0.05) is 0 Å². The quantitative estimate of drug-likeness (QED) is 0.0230. The second-order valence-corrected chi connectivity index (χ2v) is 16.4. The summed E-state index contributed by atoms with van der Waals surface area (Å²) < 4.78 is 22.8. The van der Waals surface area contributed by atoms with Crippen molar-refractivity contribution in [1.82, 2.24) is 5.32 Å². The molecule has 1 aliphatic rings. The fourth-order valence-corrected chi connectivity index (χ4v) is 7.62. The molecule has 0 aromatic heterocycles. The van der Waals surface area contributed by atoms with Gasteiger partial charge >= 0.3 is 7.82 Å². The Morgan fingerprint density at radius 3 is 1.58 bits per heavy atom. The van der Waals surface area contributed by atoms with Crippen LogP contribution >= 0.6 is 7.82 Å². The summed E-state index contributed by atoms with van der Waals surface area (Å²) in [5, 5.41) is 74.1. The van der Waals surface area contributed by atoms with Gasteiger partial charge in [0.25, 0.3) is 0 Å². The van der Waals surface area contributed by atoms with E-state index in [1.165, 1.54) is 77.0 Å². The highest BCUT2D eigenvalue weighted by Gasteiger charge is 2.51. The molecular weight excluding hydrogens is 705 g/mol. The predicted octanol–water partition coefficient (Wildman–Crippen LogP) is 5.47. The van der Waals surface area contributed by atoms with Crippen molar-refractivity contribution in [1.29, 1.82) is 0 Å². The fourth-order valence-electron chi connectivity index (χ4n) is 6.66. The molecule has 0 radical (unpaired) electrons. The molecule has 8 unspecified atom stereocenters. The van der Waals surface area contributed by atoms with Crippen molar-refractivity contribution < 1.29 is 59.0 Å². The molecule has 1 rings (SSSR count). The smallest absolute Gasteiger partial charge is 0.392 e. The van der Waals surface area contributed by atoms with Crippen molar-refractivity contribution in [2.45, 2.75) is 223 Å². The molecule has 1 aliphatic carbocycles. The van der Waals surface area contributed by atoms with Crippen LogP contribution in [0.4, 0.5) is 0 Å². The lowest BCUT2D eigenvalue weighted by atomic mass is 9.85. The number of aliphatic hydroxyl groups excluding tert-OH is 7. The number of carbonyl (C=O) groups is 1. The Bertz CT molecular complexity index is 974. The highest BCUT2D eigenvalue weighted by atomic mass is 31.2. The molecule has 1 saturated carbocycles. The zero-order valence-electron chi connectivity index (χ0n) is 32.7. The molecule has 53 heavy (non-hydrogen) atoms. The van der Waals surface area contributed by atoms with Gasteiger partial charge in [-0.05, 0) is 25.7 Å². The van der Waals surface area contributed by atoms with Gasteiger partial charge in [0.2, 0.25) is 5.91 Å². The maximum Gasteiger partial charge on any atom is 0.472 e. The summed E-state index contributed by atoms with van der Waals surface area (Å²) in [4.78, 5) is 23.2. The van der Waals surface area contributed by atoms with Crippen molar-refractivity contribution in [3.05, 3.63) is 12.2 Å². The number of nitrogens with one attached hydrogen (secondary N) is 1. The second-order valence-electron chi connectivity index (χ2n) is 15.0. The maximum absolute atomic E-state index is 12.9. The first kappa shape index (κ1) is 50.1. The van der Waals surface area contributed by atoms with Gasteiger partial charge in [-0.1, -0.05) is 148 Å². The van der Waals surface area contributed by atoms with E-state index in [2.05, 4.69) is 19.2 Å². The minimum atomic E-state index is -5.11. The van der Waals surface area contributed by atoms with Crippen LogP contribution in [0.2, 0.25) is 0 Å². The van der Waals surface area contributed by atoms with E-state index >= 15 is 0 Å². The summed E-state index contributed by atoms with van der Waals surface area (Å²) in [6.07, 6.45) is 14.6. The largest absolute Gasteiger partial charge is 0.472 e. The lowest BCUT2D eigenvalue weighted by molar-refractivity contribution is -0.220. The first-order chi connectivity index (χ1) is 25.3. The van der Waals surface area contributed by atoms with E-state index in [0.29, 0.717) is 6.42 Å². The van der Waals surface area contributed by atoms with Gasteiger partial charge in [-0.15, -0.1) is 0 Å². The van der Waals surface area contributed by atoms with E-state index in [1.54, 1.807) is 0 Å². The average molecular weight is 782 g/mol. The van der Waals surface area contributed by atoms with Crippen molar-refractivity contribution in [3.8, 4) is 0 Å². The standard InChI is InChI=1S/C39H76NO12P/c1-3-5-7-9-11-12-13-14-15-16-17-18-19-21-23-25-27-32(42)31(40-33(43)28-30(41)26-24-22-20-10-8-6-4-2)29-51-53(49,50)52-39-37(47)35(45)34(44)36(46)38(39)48/h22,24,30-32,34-39,41-42,44-48H,3-21,23,25-29H2,1-2H3,(H,40,43)(H,49,50)/b24-22-. The van der Waals surface area contributed by atoms with Gasteiger partial charge in [0.05, 0.1) is 31.3 Å². The molecule has 0 spiro atoms. The molecule has 1 fully saturated rings. The van der Waals surface area contributed by atoms with Gasteiger partial charge in [0.15, 0.2) is 0 Å². The summed E-state index contributed by atoms with van der Waals surface area (Å²) in [5.74, 6) is -0.597. The summed E-state index contributed by atoms with van der Waals surface area (Å²) in [6, 6.07) is -1.16. The Hall–Kier alpha value is -0.960. The average Bonchev–Trinajstić information content (AvgIpc) is 3.12. The van der Waals surface area contributed by atoms with Crippen LogP contribution < -0.4 is 5.32 Å². The number of amides is 1. The topological polar surface area (TPSA) is 226 Å². The molecule has 1 amide bonds. The van der Waals surface area contributed by atoms with Crippen LogP contribution in [0.25, 0.3) is 0 Å². The molecule has 314 valence electrons. The third-order valence-electron chi connectivity index (χ3n) is 10.1. The maximum atomic E-state index is 12.9. The van der Waals surface area contributed by atoms with Crippen LogP contribution in [0.5, 0.6) is 0 Å². The number of rotatable bonds is 33. The molecule has 8 atom stereocenters. The SMILES string of the molecule is CCCCCC/C=C\CC(O)CC(=O)NC(COP(=O)(O)OC1C(O)C(O)C(O)C(O)C1O)C(O)CCCCCCCCCCCCCCCCCC. The number of phosphoric acid groups is 1. The van der Waals surface area contributed by atoms with Crippen molar-refractivity contribution >= 4 is 13.7 Å². The first-order valence-electron chi connectivity index (χ1n) is 20.7. The molecule has 0 heterocycles. The summed E-state index contributed by atoms with van der Waals surface area (Å²) in [6.45, 7) is 3.69. The Labute approximate surface area is 319 Å². The lowest BCUT2D eigenvalue weighted by Gasteiger charge is -2.41. The van der Waals surface area contributed by atoms with E-state index in [9.17, 15) is 50.0 Å². The first-order valence-corrected chi connectivity index (χ1v) is 22.2. The van der Waals surface area contributed by atoms with Gasteiger partial charge in [0.1, 0.15) is 36.6 Å². The Balaban J connectivity index is 2.58. The third kappa shape index (κ3) is 23.0. The van der Waals surface area contributed by atoms with Crippen LogP contribution in [0.1, 0.15) is 168 Å². The van der Waals surface area contributed by atoms with Crippen LogP contribution in [-0.2, 0) is 18.4 Å². The van der Waals surface area contributed by atoms with Crippen LogP contribution in [0, 0.1) is 0 Å². The molecule has 0 aromatic rings. The lowest BCUT2D eigenvalue weighted by Crippen LogP contribution is -2.64. The number of unbranched alkanes of at least 4 members (excludes halogenated alkanes) is 19. The predicted molar refractivity (Wildman–Crippen MR) is 206 cm³/mol. The second kappa shape index (κ2) is 30.2. The van der Waals surface area contributed by atoms with Crippen LogP contribution in [0.15, 0.2) is 12.2 Å². The van der Waals surface area contributed by atoms with Crippen LogP contribution in [0.3, 0.4) is 0 Å². The van der Waals surface area contributed by atoms with Gasteiger partial charge in [-0.3, -0.25) is 13.8 Å². The molecular formula is C39H76NO12P. The zero-order valence-corrected chi connectivity index (χ0v) is 33.6. The molecule has 0 aromatic carbocycles. The number of hydrogen-bond donors (Lipinski definition) is 9. The minimum Gasteiger partial charge on any atom is -0.392 e. The van der Waals surface area contributed by atoms with E-state index in [0.717, 1.165) is 51.4 Å². The van der Waals surface area contributed by atoms with Crippen LogP contribution in [-0.4, -0.2) is 108 Å². The molecule has 9 N–H and O–H groups in total. The molecule has 14 heteroatoms. The summed E-state index contributed by atoms with van der Waals surface area (Å²) in [5.41, 5.74) is 0. The molecule has 0 bridgehead atoms. The van der Waals surface area contributed by atoms with E-state index in [4.69, 9.17) is 9.05 Å². The minimum absolute atomic E-state index is 0.266. The van der Waals surface area contributed by atoms with Gasteiger partial charge in [-0.25, -0.2) is 4.57 Å². The van der Waals surface area contributed by atoms with Gasteiger partial charge in [-0.2, -0.15) is 0 Å².